The van der Waals surface area contributed by atoms with Gasteiger partial charge in [0.1, 0.15) is 17.4 Å². The van der Waals surface area contributed by atoms with Crippen LogP contribution in [0.4, 0.5) is 0 Å². The number of ether oxygens (including phenoxy) is 4. The molecule has 6 nitrogen and oxygen atoms in total. The second-order valence-electron chi connectivity index (χ2n) is 8.73. The SMILES string of the molecule is CO[C@@]1(C(C)([SiH3])OC(C)(C)C)O[C@H](COC(=O)c2ccccc2)C[C@]1(C)O. The van der Waals surface area contributed by atoms with Crippen molar-refractivity contribution in [2.24, 2.45) is 0 Å². The van der Waals surface area contributed by atoms with E-state index < -0.39 is 34.3 Å². The first kappa shape index (κ1) is 22.0. The molecule has 1 heterocycles. The number of methoxy groups -OCH3 is 1. The van der Waals surface area contributed by atoms with Gasteiger partial charge >= 0.3 is 5.97 Å². The monoisotopic (exact) mass is 396 g/mol. The number of rotatable bonds is 6. The van der Waals surface area contributed by atoms with Crippen LogP contribution in [0.2, 0.25) is 0 Å². The van der Waals surface area contributed by atoms with Gasteiger partial charge in [0.2, 0.25) is 5.79 Å². The fraction of sp³-hybridized carbons (Fsp3) is 0.650. The third-order valence-electron chi connectivity index (χ3n) is 4.72. The van der Waals surface area contributed by atoms with Crippen LogP contribution in [-0.4, -0.2) is 63.4 Å². The van der Waals surface area contributed by atoms with Crippen molar-refractivity contribution in [3.8, 4) is 0 Å². The van der Waals surface area contributed by atoms with Gasteiger partial charge in [0.05, 0.1) is 27.5 Å². The van der Waals surface area contributed by atoms with Gasteiger partial charge in [-0.2, -0.15) is 0 Å². The van der Waals surface area contributed by atoms with E-state index in [1.54, 1.807) is 31.2 Å². The summed E-state index contributed by atoms with van der Waals surface area (Å²) in [7, 11) is 2.07. The van der Waals surface area contributed by atoms with E-state index in [1.165, 1.54) is 7.11 Å². The Hall–Kier alpha value is -1.25. The fourth-order valence-electron chi connectivity index (χ4n) is 4.04. The van der Waals surface area contributed by atoms with Crippen LogP contribution in [0.25, 0.3) is 0 Å². The summed E-state index contributed by atoms with van der Waals surface area (Å²) < 4.78 is 23.5. The van der Waals surface area contributed by atoms with Crippen molar-refractivity contribution in [2.45, 2.75) is 69.4 Å². The summed E-state index contributed by atoms with van der Waals surface area (Å²) in [6.07, 6.45) is -0.224. The van der Waals surface area contributed by atoms with Gasteiger partial charge in [-0.05, 0) is 46.8 Å². The second-order valence-corrected chi connectivity index (χ2v) is 10.6. The number of hydrogen-bond acceptors (Lipinski definition) is 6. The summed E-state index contributed by atoms with van der Waals surface area (Å²) in [5, 5.41) is 10.3. The standard InChI is InChI=1S/C20H32O6Si/c1-17(2,3)26-19(5,27)20(23-6)18(4,22)12-15(25-20)13-24-16(21)14-10-8-7-9-11-14/h7-11,15,22H,12-13H2,1-6,27H3/t15-,18-,19?,20+/m0/s1. The minimum absolute atomic E-state index is 0.0299. The molecule has 1 aromatic rings. The van der Waals surface area contributed by atoms with Crippen molar-refractivity contribution in [1.29, 1.82) is 0 Å². The quantitative estimate of drug-likeness (QED) is 0.582. The van der Waals surface area contributed by atoms with E-state index in [2.05, 4.69) is 0 Å². The first-order valence-corrected chi connectivity index (χ1v) is 10.2. The van der Waals surface area contributed by atoms with E-state index >= 15 is 0 Å². The number of benzene rings is 1. The zero-order chi connectivity index (χ0) is 20.5. The smallest absolute Gasteiger partial charge is 0.338 e. The molecule has 0 amide bonds. The maximum absolute atomic E-state index is 12.2. The number of aliphatic hydroxyl groups is 1. The zero-order valence-electron chi connectivity index (χ0n) is 17.4. The molecule has 1 unspecified atom stereocenters. The summed E-state index contributed by atoms with van der Waals surface area (Å²) in [5.41, 5.74) is -1.25. The highest BCUT2D eigenvalue weighted by Crippen LogP contribution is 2.48. The summed E-state index contributed by atoms with van der Waals surface area (Å²) >= 11 is 0. The predicted octanol–water partition coefficient (Wildman–Crippen LogP) is 1.62. The average molecular weight is 397 g/mol. The Morgan fingerprint density at radius 3 is 2.41 bits per heavy atom. The number of esters is 1. The summed E-state index contributed by atoms with van der Waals surface area (Å²) in [4.78, 5) is 12.2. The van der Waals surface area contributed by atoms with Crippen LogP contribution in [0.1, 0.15) is 51.4 Å². The maximum Gasteiger partial charge on any atom is 0.338 e. The maximum atomic E-state index is 12.2. The molecule has 152 valence electrons. The first-order valence-electron chi connectivity index (χ1n) is 9.21. The molecule has 0 aromatic heterocycles. The van der Waals surface area contributed by atoms with Gasteiger partial charge in [-0.1, -0.05) is 18.2 Å². The normalized spacial score (nSPS) is 30.9. The van der Waals surface area contributed by atoms with Gasteiger partial charge in [-0.3, -0.25) is 0 Å². The third kappa shape index (κ3) is 4.60. The molecule has 7 heteroatoms. The molecule has 0 saturated carbocycles. The van der Waals surface area contributed by atoms with Gasteiger partial charge in [0, 0.05) is 13.5 Å². The molecular formula is C20H32O6Si. The Labute approximate surface area is 164 Å². The minimum atomic E-state index is -1.34. The van der Waals surface area contributed by atoms with Crippen molar-refractivity contribution in [3.05, 3.63) is 35.9 Å². The molecule has 1 aliphatic rings. The average Bonchev–Trinajstić information content (AvgIpc) is 2.82. The number of hydrogen-bond donors (Lipinski definition) is 1. The highest BCUT2D eigenvalue weighted by Gasteiger charge is 2.66. The van der Waals surface area contributed by atoms with E-state index in [9.17, 15) is 9.90 Å². The summed E-state index contributed by atoms with van der Waals surface area (Å²) in [6, 6.07) is 8.78. The zero-order valence-corrected chi connectivity index (χ0v) is 19.4. The van der Waals surface area contributed by atoms with Crippen LogP contribution in [0.3, 0.4) is 0 Å². The Bertz CT molecular complexity index is 652. The van der Waals surface area contributed by atoms with E-state index in [-0.39, 0.29) is 13.0 Å². The highest BCUT2D eigenvalue weighted by atomic mass is 28.1. The highest BCUT2D eigenvalue weighted by molar-refractivity contribution is 6.15. The van der Waals surface area contributed by atoms with Gasteiger partial charge in [-0.15, -0.1) is 0 Å². The van der Waals surface area contributed by atoms with E-state index in [1.807, 2.05) is 33.8 Å². The number of carbonyl (C=O) groups excluding carboxylic acids is 1. The van der Waals surface area contributed by atoms with Crippen LogP contribution in [0, 0.1) is 0 Å². The molecule has 1 aromatic carbocycles. The molecule has 0 spiro atoms. The van der Waals surface area contributed by atoms with Crippen LogP contribution in [0.15, 0.2) is 30.3 Å². The van der Waals surface area contributed by atoms with Gasteiger partial charge in [0.25, 0.3) is 0 Å². The first-order chi connectivity index (χ1) is 12.3. The molecule has 1 fully saturated rings. The molecule has 0 radical (unpaired) electrons. The fourth-order valence-corrected chi connectivity index (χ4v) is 5.51. The Balaban J connectivity index is 2.14. The van der Waals surface area contributed by atoms with Crippen molar-refractivity contribution >= 4 is 16.2 Å². The lowest BCUT2D eigenvalue weighted by Crippen LogP contribution is -2.67. The van der Waals surface area contributed by atoms with Crippen molar-refractivity contribution in [3.63, 3.8) is 0 Å². The lowest BCUT2D eigenvalue weighted by atomic mass is 9.88. The molecule has 1 N–H and O–H groups in total. The Morgan fingerprint density at radius 2 is 1.89 bits per heavy atom. The third-order valence-corrected chi connectivity index (χ3v) is 5.58. The van der Waals surface area contributed by atoms with Gasteiger partial charge in [-0.25, -0.2) is 4.79 Å². The van der Waals surface area contributed by atoms with Crippen molar-refractivity contribution < 1.29 is 28.8 Å². The molecule has 0 aliphatic carbocycles. The van der Waals surface area contributed by atoms with Crippen LogP contribution < -0.4 is 0 Å². The lowest BCUT2D eigenvalue weighted by molar-refractivity contribution is -0.344. The molecule has 27 heavy (non-hydrogen) atoms. The molecule has 1 saturated heterocycles. The van der Waals surface area contributed by atoms with Crippen LogP contribution >= 0.6 is 0 Å². The van der Waals surface area contributed by atoms with E-state index in [4.69, 9.17) is 18.9 Å². The van der Waals surface area contributed by atoms with Crippen LogP contribution in [-0.2, 0) is 18.9 Å². The molecular weight excluding hydrogens is 364 g/mol. The van der Waals surface area contributed by atoms with Crippen LogP contribution in [0.5, 0.6) is 0 Å². The van der Waals surface area contributed by atoms with Gasteiger partial charge < -0.3 is 24.1 Å². The molecule has 4 atom stereocenters. The summed E-state index contributed by atoms with van der Waals surface area (Å²) in [5.74, 6) is -1.77. The second kappa shape index (κ2) is 7.64. The molecule has 1 aliphatic heterocycles. The Morgan fingerprint density at radius 1 is 1.30 bits per heavy atom. The van der Waals surface area contributed by atoms with Gasteiger partial charge in [0.15, 0.2) is 0 Å². The topological polar surface area (TPSA) is 74.2 Å². The van der Waals surface area contributed by atoms with Crippen molar-refractivity contribution in [1.82, 2.24) is 0 Å². The van der Waals surface area contributed by atoms with Crippen molar-refractivity contribution in [2.75, 3.05) is 13.7 Å². The molecule has 2 rings (SSSR count). The number of carbonyl (C=O) groups is 1. The minimum Gasteiger partial charge on any atom is -0.459 e. The Kier molecular flexibility index (Phi) is 6.23. The lowest BCUT2D eigenvalue weighted by Gasteiger charge is -2.50. The van der Waals surface area contributed by atoms with E-state index in [0.29, 0.717) is 15.8 Å². The summed E-state index contributed by atoms with van der Waals surface area (Å²) in [6.45, 7) is 9.46. The van der Waals surface area contributed by atoms with E-state index in [0.717, 1.165) is 0 Å². The largest absolute Gasteiger partial charge is 0.459 e. The predicted molar refractivity (Wildman–Crippen MR) is 106 cm³/mol. The molecule has 0 bridgehead atoms.